The Labute approximate surface area is 96.6 Å². The second-order valence-electron chi connectivity index (χ2n) is 4.92. The quantitative estimate of drug-likeness (QED) is 0.732. The van der Waals surface area contributed by atoms with E-state index in [9.17, 15) is 4.39 Å². The third-order valence-electron chi connectivity index (χ3n) is 3.33. The molecule has 1 aliphatic carbocycles. The van der Waals surface area contributed by atoms with E-state index < -0.39 is 0 Å². The topological polar surface area (TPSA) is 9.23 Å². The maximum absolute atomic E-state index is 13.1. The predicted octanol–water partition coefficient (Wildman–Crippen LogP) is 4.09. The summed E-state index contributed by atoms with van der Waals surface area (Å²) in [5.41, 5.74) is 1.01. The molecule has 1 aromatic rings. The van der Waals surface area contributed by atoms with Gasteiger partial charge in [-0.2, -0.15) is 0 Å². The lowest BCUT2D eigenvalue weighted by molar-refractivity contribution is 0.128. The van der Waals surface area contributed by atoms with Gasteiger partial charge in [-0.05, 0) is 43.7 Å². The fraction of sp³-hybridized carbons (Fsp3) is 0.571. The molecule has 0 amide bonds. The summed E-state index contributed by atoms with van der Waals surface area (Å²) in [7, 11) is 0. The highest BCUT2D eigenvalue weighted by Crippen LogP contribution is 2.29. The van der Waals surface area contributed by atoms with Crippen LogP contribution in [-0.2, 0) is 0 Å². The molecule has 0 heterocycles. The van der Waals surface area contributed by atoms with Crippen molar-refractivity contribution in [1.82, 2.24) is 0 Å². The Morgan fingerprint density at radius 2 is 2.12 bits per heavy atom. The van der Waals surface area contributed by atoms with E-state index in [1.54, 1.807) is 6.07 Å². The molecule has 1 aliphatic rings. The summed E-state index contributed by atoms with van der Waals surface area (Å²) in [6, 6.07) is 4.75. The van der Waals surface area contributed by atoms with E-state index in [0.29, 0.717) is 5.75 Å². The lowest BCUT2D eigenvalue weighted by atomic mass is 9.88. The van der Waals surface area contributed by atoms with Gasteiger partial charge in [0.2, 0.25) is 0 Å². The molecule has 1 saturated carbocycles. The summed E-state index contributed by atoms with van der Waals surface area (Å²) in [6.07, 6.45) is 4.97. The summed E-state index contributed by atoms with van der Waals surface area (Å²) in [5, 5.41) is 0. The predicted molar refractivity (Wildman–Crippen MR) is 63.2 cm³/mol. The summed E-state index contributed by atoms with van der Waals surface area (Å²) in [6.45, 7) is 4.22. The molecule has 0 aliphatic heterocycles. The molecule has 0 spiro atoms. The molecular formula is C14H19FO. The van der Waals surface area contributed by atoms with E-state index in [0.717, 1.165) is 24.3 Å². The van der Waals surface area contributed by atoms with Crippen molar-refractivity contribution in [2.75, 3.05) is 0 Å². The smallest absolute Gasteiger partial charge is 0.126 e. The van der Waals surface area contributed by atoms with E-state index in [2.05, 4.69) is 6.92 Å². The first kappa shape index (κ1) is 11.4. The molecule has 0 bridgehead atoms. The van der Waals surface area contributed by atoms with Gasteiger partial charge in [0.1, 0.15) is 11.6 Å². The van der Waals surface area contributed by atoms with Gasteiger partial charge in [-0.3, -0.25) is 0 Å². The molecule has 0 aromatic heterocycles. The first-order chi connectivity index (χ1) is 7.65. The zero-order valence-corrected chi connectivity index (χ0v) is 10.0. The summed E-state index contributed by atoms with van der Waals surface area (Å²) >= 11 is 0. The molecule has 1 aromatic carbocycles. The van der Waals surface area contributed by atoms with Gasteiger partial charge in [-0.15, -0.1) is 0 Å². The minimum Gasteiger partial charge on any atom is -0.490 e. The van der Waals surface area contributed by atoms with Gasteiger partial charge in [0, 0.05) is 6.07 Å². The Morgan fingerprint density at radius 1 is 1.31 bits per heavy atom. The van der Waals surface area contributed by atoms with E-state index in [1.165, 1.54) is 25.0 Å². The van der Waals surface area contributed by atoms with Crippen LogP contribution in [0.5, 0.6) is 5.75 Å². The molecule has 0 radical (unpaired) electrons. The minimum absolute atomic E-state index is 0.218. The van der Waals surface area contributed by atoms with Crippen molar-refractivity contribution in [2.45, 2.75) is 45.6 Å². The van der Waals surface area contributed by atoms with Crippen LogP contribution < -0.4 is 4.74 Å². The number of aryl methyl sites for hydroxylation is 1. The van der Waals surface area contributed by atoms with Gasteiger partial charge in [0.15, 0.2) is 0 Å². The number of benzene rings is 1. The van der Waals surface area contributed by atoms with E-state index >= 15 is 0 Å². The van der Waals surface area contributed by atoms with E-state index in [4.69, 9.17) is 4.74 Å². The van der Waals surface area contributed by atoms with Crippen LogP contribution >= 0.6 is 0 Å². The summed E-state index contributed by atoms with van der Waals surface area (Å²) in [5.74, 6) is 1.22. The third kappa shape index (κ3) is 2.75. The third-order valence-corrected chi connectivity index (χ3v) is 3.33. The van der Waals surface area contributed by atoms with Crippen molar-refractivity contribution < 1.29 is 9.13 Å². The minimum atomic E-state index is -0.218. The largest absolute Gasteiger partial charge is 0.490 e. The highest BCUT2D eigenvalue weighted by Gasteiger charge is 2.20. The Bertz CT molecular complexity index is 362. The molecule has 0 saturated heterocycles. The number of rotatable bonds is 2. The van der Waals surface area contributed by atoms with Crippen LogP contribution in [0.15, 0.2) is 18.2 Å². The van der Waals surface area contributed by atoms with Crippen LogP contribution in [0.2, 0.25) is 0 Å². The van der Waals surface area contributed by atoms with Gasteiger partial charge in [0.05, 0.1) is 6.10 Å². The fourth-order valence-corrected chi connectivity index (χ4v) is 2.37. The number of ether oxygens (including phenoxy) is 1. The van der Waals surface area contributed by atoms with Crippen molar-refractivity contribution in [3.63, 3.8) is 0 Å². The van der Waals surface area contributed by atoms with Gasteiger partial charge < -0.3 is 4.74 Å². The molecule has 2 heteroatoms. The van der Waals surface area contributed by atoms with Crippen molar-refractivity contribution in [1.29, 1.82) is 0 Å². The second kappa shape index (κ2) is 4.86. The van der Waals surface area contributed by atoms with Gasteiger partial charge >= 0.3 is 0 Å². The average molecular weight is 222 g/mol. The SMILES string of the molecule is Cc1ccc(F)cc1OC1CCCC(C)C1. The van der Waals surface area contributed by atoms with Gasteiger partial charge in [0.25, 0.3) is 0 Å². The first-order valence-electron chi connectivity index (χ1n) is 6.08. The molecule has 16 heavy (non-hydrogen) atoms. The van der Waals surface area contributed by atoms with Crippen molar-refractivity contribution in [2.24, 2.45) is 5.92 Å². The lowest BCUT2D eigenvalue weighted by Gasteiger charge is -2.28. The zero-order chi connectivity index (χ0) is 11.5. The molecule has 2 unspecified atom stereocenters. The maximum atomic E-state index is 13.1. The maximum Gasteiger partial charge on any atom is 0.126 e. The zero-order valence-electron chi connectivity index (χ0n) is 10.0. The van der Waals surface area contributed by atoms with Crippen LogP contribution in [-0.4, -0.2) is 6.10 Å². The van der Waals surface area contributed by atoms with Crippen LogP contribution in [0.1, 0.15) is 38.2 Å². The molecule has 1 fully saturated rings. The standard InChI is InChI=1S/C14H19FO/c1-10-4-3-5-13(8-10)16-14-9-12(15)7-6-11(14)2/h6-7,9-10,13H,3-5,8H2,1-2H3. The van der Waals surface area contributed by atoms with Crippen molar-refractivity contribution in [3.05, 3.63) is 29.6 Å². The molecular weight excluding hydrogens is 203 g/mol. The Balaban J connectivity index is 2.05. The van der Waals surface area contributed by atoms with Crippen LogP contribution in [0, 0.1) is 18.7 Å². The van der Waals surface area contributed by atoms with E-state index in [-0.39, 0.29) is 11.9 Å². The number of hydrogen-bond donors (Lipinski definition) is 0. The van der Waals surface area contributed by atoms with Crippen LogP contribution in [0.25, 0.3) is 0 Å². The molecule has 2 rings (SSSR count). The Hall–Kier alpha value is -1.05. The highest BCUT2D eigenvalue weighted by molar-refractivity contribution is 5.32. The average Bonchev–Trinajstić information content (AvgIpc) is 2.24. The van der Waals surface area contributed by atoms with Gasteiger partial charge in [-0.25, -0.2) is 4.39 Å². The first-order valence-corrected chi connectivity index (χ1v) is 6.08. The molecule has 1 nitrogen and oxygen atoms in total. The number of halogens is 1. The summed E-state index contributed by atoms with van der Waals surface area (Å²) in [4.78, 5) is 0. The lowest BCUT2D eigenvalue weighted by Crippen LogP contribution is -2.24. The highest BCUT2D eigenvalue weighted by atomic mass is 19.1. The normalized spacial score (nSPS) is 25.4. The molecule has 2 atom stereocenters. The summed E-state index contributed by atoms with van der Waals surface area (Å²) < 4.78 is 19.0. The van der Waals surface area contributed by atoms with Crippen molar-refractivity contribution in [3.8, 4) is 5.75 Å². The number of hydrogen-bond acceptors (Lipinski definition) is 1. The Morgan fingerprint density at radius 3 is 2.88 bits per heavy atom. The van der Waals surface area contributed by atoms with Crippen LogP contribution in [0.4, 0.5) is 4.39 Å². The molecule has 88 valence electrons. The van der Waals surface area contributed by atoms with Crippen LogP contribution in [0.3, 0.4) is 0 Å². The van der Waals surface area contributed by atoms with Crippen molar-refractivity contribution >= 4 is 0 Å². The monoisotopic (exact) mass is 222 g/mol. The fourth-order valence-electron chi connectivity index (χ4n) is 2.37. The molecule has 0 N–H and O–H groups in total. The second-order valence-corrected chi connectivity index (χ2v) is 4.92. The Kier molecular flexibility index (Phi) is 3.47. The van der Waals surface area contributed by atoms with Gasteiger partial charge in [-0.1, -0.05) is 19.4 Å². The van der Waals surface area contributed by atoms with E-state index in [1.807, 2.05) is 6.92 Å².